The van der Waals surface area contributed by atoms with Crippen molar-refractivity contribution in [3.63, 3.8) is 0 Å². The lowest BCUT2D eigenvalue weighted by Gasteiger charge is -2.17. The zero-order valence-corrected chi connectivity index (χ0v) is 11.1. The predicted octanol–water partition coefficient (Wildman–Crippen LogP) is -0.143. The molecule has 0 aromatic carbocycles. The molecule has 0 saturated carbocycles. The van der Waals surface area contributed by atoms with Gasteiger partial charge in [0.15, 0.2) is 4.87 Å². The molecule has 0 aliphatic carbocycles. The lowest BCUT2D eigenvalue weighted by atomic mass is 10.2. The smallest absolute Gasteiger partial charge is 0.334 e. The van der Waals surface area contributed by atoms with E-state index in [0.29, 0.717) is 0 Å². The summed E-state index contributed by atoms with van der Waals surface area (Å²) in [5, 5.41) is 23.0. The van der Waals surface area contributed by atoms with Gasteiger partial charge in [-0.05, 0) is 6.92 Å². The summed E-state index contributed by atoms with van der Waals surface area (Å²) >= 11 is 3.06. The van der Waals surface area contributed by atoms with Crippen LogP contribution in [0.2, 0.25) is 0 Å². The zero-order chi connectivity index (χ0) is 12.9. The number of carboxylic acid groups (broad SMARTS) is 2. The zero-order valence-electron chi connectivity index (χ0n) is 9.43. The number of nitrogens with one attached hydrogen (secondary N) is 2. The molecule has 0 radical (unpaired) electrons. The van der Waals surface area contributed by atoms with Crippen LogP contribution < -0.4 is 10.6 Å². The van der Waals surface area contributed by atoms with Crippen LogP contribution in [-0.2, 0) is 9.59 Å². The predicted molar refractivity (Wildman–Crippen MR) is 68.4 cm³/mol. The van der Waals surface area contributed by atoms with E-state index in [0.717, 1.165) is 11.8 Å². The standard InChI is InChI=1S/C6H9NO4S.C3H7NS/c1-6(5(10)11)7-3(2-12-6)4(8)9;1-2-5-3-4-1/h3,7H,2H2,1H3,(H,8,9)(H,10,11);4H,1-3H2. The molecule has 2 rings (SSSR count). The normalized spacial score (nSPS) is 31.7. The maximum Gasteiger partial charge on any atom is 0.334 e. The first-order valence-corrected chi connectivity index (χ1v) is 7.26. The third kappa shape index (κ3) is 4.38. The number of carbonyl (C=O) groups is 2. The molecule has 0 amide bonds. The fourth-order valence-electron chi connectivity index (χ4n) is 1.28. The number of thioether (sulfide) groups is 2. The fraction of sp³-hybridized carbons (Fsp3) is 0.778. The minimum absolute atomic E-state index is 0.290. The van der Waals surface area contributed by atoms with Crippen LogP contribution in [0.15, 0.2) is 0 Å². The van der Waals surface area contributed by atoms with E-state index < -0.39 is 22.9 Å². The van der Waals surface area contributed by atoms with E-state index in [4.69, 9.17) is 10.2 Å². The molecular formula is C9H16N2O4S2. The maximum absolute atomic E-state index is 10.6. The van der Waals surface area contributed by atoms with Crippen molar-refractivity contribution in [3.8, 4) is 0 Å². The number of rotatable bonds is 2. The first-order valence-electron chi connectivity index (χ1n) is 5.12. The molecule has 0 bridgehead atoms. The van der Waals surface area contributed by atoms with Gasteiger partial charge in [-0.3, -0.25) is 10.1 Å². The molecule has 2 atom stereocenters. The second kappa shape index (κ2) is 6.48. The molecule has 2 fully saturated rings. The monoisotopic (exact) mass is 280 g/mol. The Morgan fingerprint density at radius 2 is 2.12 bits per heavy atom. The number of hydrogen-bond donors (Lipinski definition) is 4. The molecule has 98 valence electrons. The Bertz CT molecular complexity index is 291. The molecule has 4 N–H and O–H groups in total. The Balaban J connectivity index is 0.000000239. The van der Waals surface area contributed by atoms with Crippen molar-refractivity contribution in [1.29, 1.82) is 0 Å². The van der Waals surface area contributed by atoms with Gasteiger partial charge >= 0.3 is 11.9 Å². The van der Waals surface area contributed by atoms with Crippen molar-refractivity contribution in [2.45, 2.75) is 17.8 Å². The van der Waals surface area contributed by atoms with Crippen molar-refractivity contribution in [2.24, 2.45) is 0 Å². The summed E-state index contributed by atoms with van der Waals surface area (Å²) in [6.07, 6.45) is 0. The average molecular weight is 280 g/mol. The quantitative estimate of drug-likeness (QED) is 0.555. The van der Waals surface area contributed by atoms with Gasteiger partial charge in [0, 0.05) is 23.9 Å². The summed E-state index contributed by atoms with van der Waals surface area (Å²) in [7, 11) is 0. The van der Waals surface area contributed by atoms with Gasteiger partial charge in [0.2, 0.25) is 0 Å². The van der Waals surface area contributed by atoms with E-state index in [1.807, 2.05) is 11.8 Å². The topological polar surface area (TPSA) is 98.7 Å². The van der Waals surface area contributed by atoms with Gasteiger partial charge in [-0.25, -0.2) is 4.79 Å². The van der Waals surface area contributed by atoms with Crippen molar-refractivity contribution in [1.82, 2.24) is 10.6 Å². The molecular weight excluding hydrogens is 264 g/mol. The van der Waals surface area contributed by atoms with E-state index in [1.165, 1.54) is 25.1 Å². The van der Waals surface area contributed by atoms with Gasteiger partial charge in [0.25, 0.3) is 0 Å². The summed E-state index contributed by atoms with van der Waals surface area (Å²) in [6.45, 7) is 2.67. The number of hydrogen-bond acceptors (Lipinski definition) is 6. The molecule has 2 heterocycles. The molecule has 2 unspecified atom stereocenters. The highest BCUT2D eigenvalue weighted by molar-refractivity contribution is 8.01. The minimum atomic E-state index is -1.15. The van der Waals surface area contributed by atoms with Crippen LogP contribution in [0.1, 0.15) is 6.92 Å². The van der Waals surface area contributed by atoms with Gasteiger partial charge in [0.05, 0.1) is 0 Å². The van der Waals surface area contributed by atoms with E-state index in [-0.39, 0.29) is 5.75 Å². The van der Waals surface area contributed by atoms with Gasteiger partial charge in [-0.2, -0.15) is 0 Å². The largest absolute Gasteiger partial charge is 0.480 e. The highest BCUT2D eigenvalue weighted by Crippen LogP contribution is 2.30. The third-order valence-electron chi connectivity index (χ3n) is 2.32. The maximum atomic E-state index is 10.6. The highest BCUT2D eigenvalue weighted by Gasteiger charge is 2.44. The fourth-order valence-corrected chi connectivity index (χ4v) is 3.08. The average Bonchev–Trinajstić information content (AvgIpc) is 2.89. The Kier molecular flexibility index (Phi) is 5.57. The molecule has 2 aliphatic heterocycles. The van der Waals surface area contributed by atoms with Crippen LogP contribution >= 0.6 is 23.5 Å². The summed E-state index contributed by atoms with van der Waals surface area (Å²) in [4.78, 5) is 19.9. The van der Waals surface area contributed by atoms with Gasteiger partial charge in [-0.1, -0.05) is 0 Å². The molecule has 2 saturated heterocycles. The van der Waals surface area contributed by atoms with Crippen LogP contribution in [0.4, 0.5) is 0 Å². The van der Waals surface area contributed by atoms with Crippen LogP contribution in [0.5, 0.6) is 0 Å². The Hall–Kier alpha value is -0.440. The van der Waals surface area contributed by atoms with Crippen molar-refractivity contribution in [3.05, 3.63) is 0 Å². The highest BCUT2D eigenvalue weighted by atomic mass is 32.2. The third-order valence-corrected chi connectivity index (χ3v) is 4.59. The lowest BCUT2D eigenvalue weighted by Crippen LogP contribution is -2.48. The summed E-state index contributed by atoms with van der Waals surface area (Å²) in [5.41, 5.74) is 0. The van der Waals surface area contributed by atoms with Crippen molar-refractivity contribution in [2.75, 3.05) is 23.9 Å². The van der Waals surface area contributed by atoms with Gasteiger partial charge in [0.1, 0.15) is 6.04 Å². The second-order valence-electron chi connectivity index (χ2n) is 3.74. The molecule has 0 spiro atoms. The minimum Gasteiger partial charge on any atom is -0.480 e. The van der Waals surface area contributed by atoms with E-state index in [1.54, 1.807) is 0 Å². The number of aliphatic carboxylic acids is 2. The van der Waals surface area contributed by atoms with Gasteiger partial charge in [-0.15, -0.1) is 23.5 Å². The Labute approximate surface area is 108 Å². The van der Waals surface area contributed by atoms with Crippen molar-refractivity contribution >= 4 is 35.5 Å². The van der Waals surface area contributed by atoms with Crippen LogP contribution in [0.3, 0.4) is 0 Å². The van der Waals surface area contributed by atoms with Crippen LogP contribution in [0, 0.1) is 0 Å². The van der Waals surface area contributed by atoms with Crippen LogP contribution in [-0.4, -0.2) is 57.0 Å². The Morgan fingerprint density at radius 3 is 2.35 bits per heavy atom. The molecule has 8 heteroatoms. The molecule has 6 nitrogen and oxygen atoms in total. The molecule has 0 aromatic rings. The van der Waals surface area contributed by atoms with Crippen molar-refractivity contribution < 1.29 is 19.8 Å². The first kappa shape index (κ1) is 14.6. The van der Waals surface area contributed by atoms with E-state index in [2.05, 4.69) is 10.6 Å². The second-order valence-corrected chi connectivity index (χ2v) is 6.28. The van der Waals surface area contributed by atoms with Gasteiger partial charge < -0.3 is 15.5 Å². The molecule has 0 aromatic heterocycles. The SMILES string of the molecule is C1CSCN1.CC1(C(=O)O)NC(C(=O)O)CS1. The lowest BCUT2D eigenvalue weighted by molar-refractivity contribution is -0.142. The first-order chi connectivity index (χ1) is 7.96. The van der Waals surface area contributed by atoms with E-state index in [9.17, 15) is 9.59 Å². The Morgan fingerprint density at radius 1 is 1.41 bits per heavy atom. The summed E-state index contributed by atoms with van der Waals surface area (Å²) in [6, 6.07) is -0.754. The molecule has 2 aliphatic rings. The summed E-state index contributed by atoms with van der Waals surface area (Å²) in [5.74, 6) is 0.724. The van der Waals surface area contributed by atoms with E-state index >= 15 is 0 Å². The van der Waals surface area contributed by atoms with Crippen LogP contribution in [0.25, 0.3) is 0 Å². The summed E-state index contributed by atoms with van der Waals surface area (Å²) < 4.78 is 0. The molecule has 17 heavy (non-hydrogen) atoms. The number of carboxylic acids is 2.